The molecule has 1 aliphatic rings. The molecule has 5 heteroatoms. The lowest BCUT2D eigenvalue weighted by Gasteiger charge is -2.30. The van der Waals surface area contributed by atoms with Gasteiger partial charge in [-0.25, -0.2) is 0 Å². The molecule has 1 saturated heterocycles. The number of likely N-dealkylation sites (tertiary alicyclic amines) is 1. The molecule has 0 aromatic carbocycles. The third kappa shape index (κ3) is 1.99. The Kier molecular flexibility index (Phi) is 3.22. The summed E-state index contributed by atoms with van der Waals surface area (Å²) < 4.78 is 2.04. The molecule has 0 unspecified atom stereocenters. The average molecular weight is 265 g/mol. The largest absolute Gasteiger partial charge is 0.304 e. The molecule has 2 aromatic rings. The summed E-state index contributed by atoms with van der Waals surface area (Å²) in [7, 11) is 0. The van der Waals surface area contributed by atoms with Gasteiger partial charge in [-0.05, 0) is 44.6 Å². The van der Waals surface area contributed by atoms with Crippen LogP contribution in [0, 0.1) is 0 Å². The van der Waals surface area contributed by atoms with E-state index in [0.29, 0.717) is 10.9 Å². The quantitative estimate of drug-likeness (QED) is 0.836. The van der Waals surface area contributed by atoms with Crippen molar-refractivity contribution >= 4 is 17.2 Å². The number of hydrogen-bond donors (Lipinski definition) is 0. The Bertz CT molecular complexity index is 543. The summed E-state index contributed by atoms with van der Waals surface area (Å²) in [5.41, 5.74) is 0.770. The minimum absolute atomic E-state index is 0.501. The fraction of sp³-hybridized carbons (Fsp3) is 0.538. The maximum atomic E-state index is 6.12. The molecule has 1 fully saturated rings. The molecule has 2 aromatic heterocycles. The molecule has 0 N–H and O–H groups in total. The maximum absolute atomic E-state index is 6.12. The van der Waals surface area contributed by atoms with Crippen LogP contribution in [0.3, 0.4) is 0 Å². The highest BCUT2D eigenvalue weighted by molar-refractivity contribution is 6.33. The molecule has 18 heavy (non-hydrogen) atoms. The van der Waals surface area contributed by atoms with Gasteiger partial charge in [0.25, 0.3) is 0 Å². The molecule has 0 atom stereocenters. The smallest absolute Gasteiger partial charge is 0.179 e. The minimum atomic E-state index is 0.501. The zero-order chi connectivity index (χ0) is 12.5. The van der Waals surface area contributed by atoms with Gasteiger partial charge >= 0.3 is 0 Å². The van der Waals surface area contributed by atoms with E-state index in [1.807, 2.05) is 22.7 Å². The van der Waals surface area contributed by atoms with Crippen molar-refractivity contribution in [2.24, 2.45) is 0 Å². The highest BCUT2D eigenvalue weighted by Gasteiger charge is 2.23. The van der Waals surface area contributed by atoms with Crippen molar-refractivity contribution in [1.82, 2.24) is 19.5 Å². The molecule has 0 amide bonds. The molecule has 0 radical (unpaired) electrons. The maximum Gasteiger partial charge on any atom is 0.179 e. The van der Waals surface area contributed by atoms with Crippen molar-refractivity contribution in [2.45, 2.75) is 25.7 Å². The van der Waals surface area contributed by atoms with E-state index in [2.05, 4.69) is 22.0 Å². The second-order valence-electron chi connectivity index (χ2n) is 4.82. The van der Waals surface area contributed by atoms with Gasteiger partial charge in [0.15, 0.2) is 5.65 Å². The van der Waals surface area contributed by atoms with Crippen LogP contribution < -0.4 is 0 Å². The number of hydrogen-bond acceptors (Lipinski definition) is 3. The van der Waals surface area contributed by atoms with Gasteiger partial charge in [-0.1, -0.05) is 18.5 Å². The SMILES string of the molecule is CCN1CCC(c2nnc3c(Cl)cccn23)CC1. The van der Waals surface area contributed by atoms with Crippen LogP contribution in [0.15, 0.2) is 18.3 Å². The Balaban J connectivity index is 1.89. The summed E-state index contributed by atoms with van der Waals surface area (Å²) in [6, 6.07) is 3.80. The summed E-state index contributed by atoms with van der Waals surface area (Å²) in [5.74, 6) is 1.56. The van der Waals surface area contributed by atoms with E-state index >= 15 is 0 Å². The van der Waals surface area contributed by atoms with E-state index in [9.17, 15) is 0 Å². The zero-order valence-electron chi connectivity index (χ0n) is 10.5. The van der Waals surface area contributed by atoms with Gasteiger partial charge in [-0.3, -0.25) is 4.40 Å². The molecule has 3 heterocycles. The minimum Gasteiger partial charge on any atom is -0.304 e. The number of fused-ring (bicyclic) bond motifs is 1. The molecule has 0 bridgehead atoms. The van der Waals surface area contributed by atoms with Gasteiger partial charge in [-0.15, -0.1) is 10.2 Å². The lowest BCUT2D eigenvalue weighted by atomic mass is 9.96. The lowest BCUT2D eigenvalue weighted by Crippen LogP contribution is -2.33. The van der Waals surface area contributed by atoms with E-state index < -0.39 is 0 Å². The van der Waals surface area contributed by atoms with Crippen LogP contribution in [-0.4, -0.2) is 39.1 Å². The summed E-state index contributed by atoms with van der Waals surface area (Å²) in [4.78, 5) is 2.48. The second kappa shape index (κ2) is 4.86. The fourth-order valence-electron chi connectivity index (χ4n) is 2.69. The van der Waals surface area contributed by atoms with Crippen LogP contribution in [0.25, 0.3) is 5.65 Å². The van der Waals surface area contributed by atoms with Crippen molar-refractivity contribution in [3.05, 3.63) is 29.2 Å². The average Bonchev–Trinajstić information content (AvgIpc) is 2.84. The molecule has 0 spiro atoms. The third-order valence-electron chi connectivity index (χ3n) is 3.81. The van der Waals surface area contributed by atoms with Crippen LogP contribution in [-0.2, 0) is 0 Å². The predicted octanol–water partition coefficient (Wildman–Crippen LogP) is 2.58. The first-order chi connectivity index (χ1) is 8.79. The summed E-state index contributed by atoms with van der Waals surface area (Å²) in [6.07, 6.45) is 4.31. The van der Waals surface area contributed by atoms with Gasteiger partial charge in [0.05, 0.1) is 5.02 Å². The molecule has 1 aliphatic heterocycles. The first kappa shape index (κ1) is 11.9. The number of halogens is 1. The number of nitrogens with zero attached hydrogens (tertiary/aromatic N) is 4. The summed E-state index contributed by atoms with van der Waals surface area (Å²) >= 11 is 6.12. The Morgan fingerprint density at radius 3 is 2.83 bits per heavy atom. The van der Waals surface area contributed by atoms with Crippen molar-refractivity contribution in [3.63, 3.8) is 0 Å². The molecule has 0 saturated carbocycles. The topological polar surface area (TPSA) is 33.4 Å². The normalized spacial score (nSPS) is 18.6. The van der Waals surface area contributed by atoms with Crippen LogP contribution in [0.1, 0.15) is 31.5 Å². The van der Waals surface area contributed by atoms with Gasteiger partial charge in [-0.2, -0.15) is 0 Å². The molecule has 0 aliphatic carbocycles. The van der Waals surface area contributed by atoms with Gasteiger partial charge < -0.3 is 4.90 Å². The van der Waals surface area contributed by atoms with Gasteiger partial charge in [0, 0.05) is 12.1 Å². The van der Waals surface area contributed by atoms with Crippen LogP contribution in [0.2, 0.25) is 5.02 Å². The Morgan fingerprint density at radius 2 is 2.11 bits per heavy atom. The van der Waals surface area contributed by atoms with Gasteiger partial charge in [0.2, 0.25) is 0 Å². The molecule has 3 rings (SSSR count). The highest BCUT2D eigenvalue weighted by Crippen LogP contribution is 2.28. The number of piperidine rings is 1. The number of pyridine rings is 1. The van der Waals surface area contributed by atoms with Crippen molar-refractivity contribution in [3.8, 4) is 0 Å². The van der Waals surface area contributed by atoms with E-state index in [-0.39, 0.29) is 0 Å². The first-order valence-corrected chi connectivity index (χ1v) is 6.89. The predicted molar refractivity (Wildman–Crippen MR) is 72.1 cm³/mol. The number of aromatic nitrogens is 3. The third-order valence-corrected chi connectivity index (χ3v) is 4.11. The molecular formula is C13H17ClN4. The van der Waals surface area contributed by atoms with Crippen LogP contribution >= 0.6 is 11.6 Å². The van der Waals surface area contributed by atoms with Crippen LogP contribution in [0.5, 0.6) is 0 Å². The lowest BCUT2D eigenvalue weighted by molar-refractivity contribution is 0.218. The second-order valence-corrected chi connectivity index (χ2v) is 5.22. The fourth-order valence-corrected chi connectivity index (χ4v) is 2.89. The highest BCUT2D eigenvalue weighted by atomic mass is 35.5. The van der Waals surface area contributed by atoms with Crippen molar-refractivity contribution in [2.75, 3.05) is 19.6 Å². The molecule has 96 valence electrons. The zero-order valence-corrected chi connectivity index (χ0v) is 11.3. The van der Waals surface area contributed by atoms with Crippen LogP contribution in [0.4, 0.5) is 0 Å². The summed E-state index contributed by atoms with van der Waals surface area (Å²) in [6.45, 7) is 5.65. The molecular weight excluding hydrogens is 248 g/mol. The summed E-state index contributed by atoms with van der Waals surface area (Å²) in [5, 5.41) is 9.21. The first-order valence-electron chi connectivity index (χ1n) is 6.51. The van der Waals surface area contributed by atoms with Crippen molar-refractivity contribution < 1.29 is 0 Å². The Hall–Kier alpha value is -1.13. The standard InChI is InChI=1S/C13H17ClN4/c1-2-17-8-5-10(6-9-17)12-15-16-13-11(14)4-3-7-18(12)13/h3-4,7,10H,2,5-6,8-9H2,1H3. The van der Waals surface area contributed by atoms with E-state index in [4.69, 9.17) is 11.6 Å². The Labute approximate surface area is 112 Å². The Morgan fingerprint density at radius 1 is 1.33 bits per heavy atom. The van der Waals surface area contributed by atoms with Crippen molar-refractivity contribution in [1.29, 1.82) is 0 Å². The van der Waals surface area contributed by atoms with E-state index in [0.717, 1.165) is 43.9 Å². The number of rotatable bonds is 2. The van der Waals surface area contributed by atoms with Gasteiger partial charge in [0.1, 0.15) is 5.82 Å². The molecule has 4 nitrogen and oxygen atoms in total. The van der Waals surface area contributed by atoms with E-state index in [1.165, 1.54) is 0 Å². The monoisotopic (exact) mass is 264 g/mol. The van der Waals surface area contributed by atoms with E-state index in [1.54, 1.807) is 0 Å².